The summed E-state index contributed by atoms with van der Waals surface area (Å²) < 4.78 is 4.66. The molecule has 0 aliphatic carbocycles. The van der Waals surface area contributed by atoms with Crippen molar-refractivity contribution in [1.82, 2.24) is 5.32 Å². The van der Waals surface area contributed by atoms with Gasteiger partial charge < -0.3 is 15.2 Å². The molecule has 4 nitrogen and oxygen atoms in total. The first-order chi connectivity index (χ1) is 9.46. The van der Waals surface area contributed by atoms with Gasteiger partial charge in [-0.15, -0.1) is 11.3 Å². The standard InChI is InChI=1S/C15H25NO3S/c1-15(2,7-4-8-17)11-16-10-13-6-5-12(20-13)9-14(18)19-3/h5-6,16-17H,4,7-11H2,1-3H3. The van der Waals surface area contributed by atoms with Crippen molar-refractivity contribution < 1.29 is 14.6 Å². The number of esters is 1. The summed E-state index contributed by atoms with van der Waals surface area (Å²) >= 11 is 1.64. The van der Waals surface area contributed by atoms with Crippen LogP contribution in [0.2, 0.25) is 0 Å². The minimum Gasteiger partial charge on any atom is -0.469 e. The third-order valence-corrected chi connectivity index (χ3v) is 4.26. The number of rotatable bonds is 9. The Bertz CT molecular complexity index is 415. The Morgan fingerprint density at radius 3 is 2.75 bits per heavy atom. The van der Waals surface area contributed by atoms with Crippen molar-refractivity contribution in [1.29, 1.82) is 0 Å². The number of nitrogens with one attached hydrogen (secondary N) is 1. The lowest BCUT2D eigenvalue weighted by Crippen LogP contribution is -2.29. The Kier molecular flexibility index (Phi) is 7.19. The van der Waals surface area contributed by atoms with Crippen molar-refractivity contribution in [3.8, 4) is 0 Å². The van der Waals surface area contributed by atoms with Gasteiger partial charge in [-0.25, -0.2) is 0 Å². The molecule has 0 fully saturated rings. The quantitative estimate of drug-likeness (QED) is 0.687. The highest BCUT2D eigenvalue weighted by atomic mass is 32.1. The zero-order chi connectivity index (χ0) is 15.0. The number of thiophene rings is 1. The Morgan fingerprint density at radius 2 is 2.10 bits per heavy atom. The molecular formula is C15H25NO3S. The minimum atomic E-state index is -0.198. The zero-order valence-corrected chi connectivity index (χ0v) is 13.4. The highest BCUT2D eigenvalue weighted by molar-refractivity contribution is 7.12. The van der Waals surface area contributed by atoms with Crippen molar-refractivity contribution in [2.24, 2.45) is 5.41 Å². The lowest BCUT2D eigenvalue weighted by atomic mass is 9.88. The van der Waals surface area contributed by atoms with Crippen molar-refractivity contribution >= 4 is 17.3 Å². The average molecular weight is 299 g/mol. The smallest absolute Gasteiger partial charge is 0.310 e. The van der Waals surface area contributed by atoms with Gasteiger partial charge in [0.25, 0.3) is 0 Å². The first-order valence-electron chi connectivity index (χ1n) is 6.93. The van der Waals surface area contributed by atoms with E-state index in [2.05, 4.69) is 30.0 Å². The van der Waals surface area contributed by atoms with E-state index in [0.29, 0.717) is 6.42 Å². The van der Waals surface area contributed by atoms with E-state index in [4.69, 9.17) is 5.11 Å². The lowest BCUT2D eigenvalue weighted by Gasteiger charge is -2.24. The van der Waals surface area contributed by atoms with Gasteiger partial charge in [0.1, 0.15) is 0 Å². The van der Waals surface area contributed by atoms with E-state index in [0.717, 1.165) is 30.8 Å². The van der Waals surface area contributed by atoms with Crippen LogP contribution in [0.1, 0.15) is 36.4 Å². The lowest BCUT2D eigenvalue weighted by molar-refractivity contribution is -0.139. The van der Waals surface area contributed by atoms with Gasteiger partial charge in [0.15, 0.2) is 0 Å². The third-order valence-electron chi connectivity index (χ3n) is 3.18. The molecule has 0 bridgehead atoms. The fraction of sp³-hybridized carbons (Fsp3) is 0.667. The van der Waals surface area contributed by atoms with Crippen LogP contribution in [0.3, 0.4) is 0 Å². The molecule has 0 spiro atoms. The fourth-order valence-corrected chi connectivity index (χ4v) is 2.97. The zero-order valence-electron chi connectivity index (χ0n) is 12.6. The van der Waals surface area contributed by atoms with E-state index in [1.165, 1.54) is 12.0 Å². The number of aliphatic hydroxyl groups excluding tert-OH is 1. The van der Waals surface area contributed by atoms with E-state index in [9.17, 15) is 4.79 Å². The SMILES string of the molecule is COC(=O)Cc1ccc(CNCC(C)(C)CCCO)s1. The molecule has 20 heavy (non-hydrogen) atoms. The van der Waals surface area contributed by atoms with Gasteiger partial charge in [0, 0.05) is 29.5 Å². The molecule has 1 heterocycles. The maximum atomic E-state index is 11.2. The molecule has 2 N–H and O–H groups in total. The van der Waals surface area contributed by atoms with Crippen molar-refractivity contribution in [2.75, 3.05) is 20.3 Å². The summed E-state index contributed by atoms with van der Waals surface area (Å²) in [7, 11) is 1.41. The van der Waals surface area contributed by atoms with Gasteiger partial charge in [0.2, 0.25) is 0 Å². The molecule has 0 amide bonds. The van der Waals surface area contributed by atoms with Gasteiger partial charge in [0.05, 0.1) is 13.5 Å². The molecule has 1 aromatic rings. The predicted molar refractivity (Wildman–Crippen MR) is 81.8 cm³/mol. The maximum absolute atomic E-state index is 11.2. The first-order valence-corrected chi connectivity index (χ1v) is 7.74. The van der Waals surface area contributed by atoms with Gasteiger partial charge in [-0.1, -0.05) is 13.8 Å². The van der Waals surface area contributed by atoms with Crippen molar-refractivity contribution in [3.05, 3.63) is 21.9 Å². The van der Waals surface area contributed by atoms with Crippen LogP contribution >= 0.6 is 11.3 Å². The molecule has 1 aromatic heterocycles. The normalized spacial score (nSPS) is 11.6. The van der Waals surface area contributed by atoms with Crippen LogP contribution in [0.4, 0.5) is 0 Å². The Balaban J connectivity index is 2.33. The molecule has 0 atom stereocenters. The number of hydrogen-bond donors (Lipinski definition) is 2. The van der Waals surface area contributed by atoms with E-state index >= 15 is 0 Å². The summed E-state index contributed by atoms with van der Waals surface area (Å²) in [5.41, 5.74) is 0.189. The number of carbonyl (C=O) groups is 1. The van der Waals surface area contributed by atoms with Crippen LogP contribution in [0.25, 0.3) is 0 Å². The number of aliphatic hydroxyl groups is 1. The Labute approximate surface area is 125 Å². The summed E-state index contributed by atoms with van der Waals surface area (Å²) in [6.45, 7) is 6.39. The topological polar surface area (TPSA) is 58.6 Å². The van der Waals surface area contributed by atoms with Crippen LogP contribution in [-0.4, -0.2) is 31.3 Å². The molecule has 0 saturated carbocycles. The minimum absolute atomic E-state index is 0.189. The van der Waals surface area contributed by atoms with Crippen LogP contribution in [0, 0.1) is 5.41 Å². The molecule has 0 aromatic carbocycles. The van der Waals surface area contributed by atoms with Gasteiger partial charge in [-0.3, -0.25) is 4.79 Å². The van der Waals surface area contributed by atoms with Crippen molar-refractivity contribution in [3.63, 3.8) is 0 Å². The highest BCUT2D eigenvalue weighted by Gasteiger charge is 2.16. The first kappa shape index (κ1) is 17.1. The molecular weight excluding hydrogens is 274 g/mol. The second-order valence-electron chi connectivity index (χ2n) is 5.72. The average Bonchev–Trinajstić information content (AvgIpc) is 2.83. The second-order valence-corrected chi connectivity index (χ2v) is 6.97. The summed E-state index contributed by atoms with van der Waals surface area (Å²) in [5, 5.41) is 12.3. The number of hydrogen-bond acceptors (Lipinski definition) is 5. The molecule has 1 rings (SSSR count). The van der Waals surface area contributed by atoms with Crippen LogP contribution in [0.15, 0.2) is 12.1 Å². The Hall–Kier alpha value is -0.910. The van der Waals surface area contributed by atoms with Crippen molar-refractivity contribution in [2.45, 2.75) is 39.7 Å². The number of methoxy groups -OCH3 is 1. The van der Waals surface area contributed by atoms with Gasteiger partial charge >= 0.3 is 5.97 Å². The molecule has 0 aliphatic rings. The number of carbonyl (C=O) groups excluding carboxylic acids is 1. The van der Waals surface area contributed by atoms with Gasteiger partial charge in [-0.2, -0.15) is 0 Å². The molecule has 0 unspecified atom stereocenters. The van der Waals surface area contributed by atoms with E-state index < -0.39 is 0 Å². The highest BCUT2D eigenvalue weighted by Crippen LogP contribution is 2.22. The molecule has 5 heteroatoms. The van der Waals surface area contributed by atoms with Gasteiger partial charge in [-0.05, 0) is 30.4 Å². The van der Waals surface area contributed by atoms with Crippen LogP contribution < -0.4 is 5.32 Å². The molecule has 0 aliphatic heterocycles. The molecule has 114 valence electrons. The Morgan fingerprint density at radius 1 is 1.40 bits per heavy atom. The van der Waals surface area contributed by atoms with Crippen LogP contribution in [-0.2, 0) is 22.5 Å². The summed E-state index contributed by atoms with van der Waals surface area (Å²) in [6, 6.07) is 4.03. The third kappa shape index (κ3) is 6.50. The number of ether oxygens (including phenoxy) is 1. The summed E-state index contributed by atoms with van der Waals surface area (Å²) in [6.07, 6.45) is 2.20. The van der Waals surface area contributed by atoms with E-state index in [-0.39, 0.29) is 18.0 Å². The van der Waals surface area contributed by atoms with E-state index in [1.54, 1.807) is 11.3 Å². The summed E-state index contributed by atoms with van der Waals surface area (Å²) in [4.78, 5) is 13.4. The molecule has 0 radical (unpaired) electrons. The fourth-order valence-electron chi connectivity index (χ4n) is 2.00. The second kappa shape index (κ2) is 8.39. The van der Waals surface area contributed by atoms with E-state index in [1.807, 2.05) is 6.07 Å². The predicted octanol–water partition coefficient (Wildman–Crippen LogP) is 2.35. The van der Waals surface area contributed by atoms with Crippen LogP contribution in [0.5, 0.6) is 0 Å². The monoisotopic (exact) mass is 299 g/mol. The largest absolute Gasteiger partial charge is 0.469 e. The molecule has 0 saturated heterocycles. The summed E-state index contributed by atoms with van der Waals surface area (Å²) in [5.74, 6) is -0.198. The maximum Gasteiger partial charge on any atom is 0.310 e.